The number of amides is 1. The summed E-state index contributed by atoms with van der Waals surface area (Å²) in [5.41, 5.74) is 1.34. The number of halogens is 1. The van der Waals surface area contributed by atoms with Crippen molar-refractivity contribution < 1.29 is 10.6 Å². The first kappa shape index (κ1) is 15.6. The second-order valence-electron chi connectivity index (χ2n) is 4.55. The Bertz CT molecular complexity index is 400. The fourth-order valence-electron chi connectivity index (χ4n) is 2.15. The van der Waals surface area contributed by atoms with Gasteiger partial charge in [0, 0.05) is 7.11 Å². The molecule has 0 spiro atoms. The van der Waals surface area contributed by atoms with Crippen LogP contribution >= 0.6 is 0 Å². The Labute approximate surface area is 116 Å². The normalized spacial score (nSPS) is 14.7. The third-order valence-electron chi connectivity index (χ3n) is 2.89. The number of aryl methyl sites for hydroxylation is 1. The molecule has 1 fully saturated rings. The molecule has 1 aliphatic heterocycles. The third kappa shape index (κ3) is 5.39. The van der Waals surface area contributed by atoms with E-state index in [0.29, 0.717) is 12.2 Å². The molecule has 19 heavy (non-hydrogen) atoms. The van der Waals surface area contributed by atoms with Gasteiger partial charge in [0.25, 0.3) is 0 Å². The van der Waals surface area contributed by atoms with Gasteiger partial charge in [-0.05, 0) is 56.6 Å². The van der Waals surface area contributed by atoms with Gasteiger partial charge in [0.1, 0.15) is 5.82 Å². The molecule has 0 radical (unpaired) electrons. The van der Waals surface area contributed by atoms with Gasteiger partial charge in [-0.1, -0.05) is 13.8 Å². The minimum absolute atomic E-state index is 0. The van der Waals surface area contributed by atoms with Crippen molar-refractivity contribution in [3.63, 3.8) is 0 Å². The number of benzene rings is 1. The summed E-state index contributed by atoms with van der Waals surface area (Å²) in [6.07, 6.45) is 2.32. The fourth-order valence-corrected chi connectivity index (χ4v) is 2.15. The highest BCUT2D eigenvalue weighted by molar-refractivity contribution is 5.92. The van der Waals surface area contributed by atoms with Gasteiger partial charge in [-0.2, -0.15) is 0 Å². The first-order valence-corrected chi connectivity index (χ1v) is 6.93. The lowest BCUT2D eigenvalue weighted by Gasteiger charge is -2.14. The number of nitrogens with one attached hydrogen (secondary N) is 1. The molecular formula is C15H25FN2O. The van der Waals surface area contributed by atoms with Crippen LogP contribution in [0.25, 0.3) is 0 Å². The van der Waals surface area contributed by atoms with E-state index in [2.05, 4.69) is 10.2 Å². The molecule has 2 rings (SSSR count). The Morgan fingerprint density at radius 2 is 1.95 bits per heavy atom. The Balaban J connectivity index is 0.00000115. The van der Waals surface area contributed by atoms with Gasteiger partial charge in [0.05, 0.1) is 6.54 Å². The van der Waals surface area contributed by atoms with Crippen molar-refractivity contribution in [1.82, 2.24) is 4.90 Å². The number of likely N-dealkylation sites (tertiary alicyclic amines) is 1. The molecule has 3 nitrogen and oxygen atoms in total. The van der Waals surface area contributed by atoms with Gasteiger partial charge in [-0.15, -0.1) is 0 Å². The van der Waals surface area contributed by atoms with E-state index in [0.717, 1.165) is 31.5 Å². The van der Waals surface area contributed by atoms with Crippen LogP contribution in [0.2, 0.25) is 0 Å². The summed E-state index contributed by atoms with van der Waals surface area (Å²) in [7, 11) is 0. The summed E-state index contributed by atoms with van der Waals surface area (Å²) in [5.74, 6) is -0.390. The zero-order chi connectivity index (χ0) is 14.3. The van der Waals surface area contributed by atoms with E-state index in [1.807, 2.05) is 13.8 Å². The monoisotopic (exact) mass is 268 g/mol. The maximum absolute atomic E-state index is 13.1. The van der Waals surface area contributed by atoms with Crippen molar-refractivity contribution in [3.05, 3.63) is 29.6 Å². The number of nitrogens with zero attached hydrogens (tertiary/aromatic N) is 1. The van der Waals surface area contributed by atoms with Crippen LogP contribution < -0.4 is 5.32 Å². The molecule has 108 valence electrons. The molecular weight excluding hydrogens is 243 g/mol. The van der Waals surface area contributed by atoms with E-state index in [1.54, 1.807) is 13.0 Å². The van der Waals surface area contributed by atoms with Gasteiger partial charge in [0.15, 0.2) is 0 Å². The second-order valence-corrected chi connectivity index (χ2v) is 4.55. The highest BCUT2D eigenvalue weighted by atomic mass is 19.1. The zero-order valence-electron chi connectivity index (χ0n) is 12.0. The van der Waals surface area contributed by atoms with Crippen molar-refractivity contribution in [3.8, 4) is 0 Å². The van der Waals surface area contributed by atoms with Gasteiger partial charge in [0.2, 0.25) is 5.91 Å². The van der Waals surface area contributed by atoms with Gasteiger partial charge in [-0.25, -0.2) is 4.39 Å². The van der Waals surface area contributed by atoms with Crippen molar-refractivity contribution in [2.75, 3.05) is 25.0 Å². The van der Waals surface area contributed by atoms with E-state index < -0.39 is 0 Å². The molecule has 0 saturated carbocycles. The number of hydrogen-bond donors (Lipinski definition) is 1. The average molecular weight is 268 g/mol. The fraction of sp³-hybridized carbons (Fsp3) is 0.533. The minimum Gasteiger partial charge on any atom is -0.325 e. The molecule has 1 aliphatic rings. The standard InChI is InChI=1S/C13H17FN2O.C2H6.H2/c1-10-6-11(14)8-12(7-10)15-13(17)9-16-4-2-3-5-16;1-2;/h6-8H,2-5,9H2,1H3,(H,15,17);1-2H3;1H. The van der Waals surface area contributed by atoms with E-state index in [-0.39, 0.29) is 13.2 Å². The number of hydrogen-bond acceptors (Lipinski definition) is 2. The lowest BCUT2D eigenvalue weighted by atomic mass is 10.2. The molecule has 1 N–H and O–H groups in total. The first-order valence-electron chi connectivity index (χ1n) is 6.93. The Morgan fingerprint density at radius 3 is 2.53 bits per heavy atom. The summed E-state index contributed by atoms with van der Waals surface area (Å²) in [5, 5.41) is 2.73. The molecule has 0 bridgehead atoms. The molecule has 4 heteroatoms. The van der Waals surface area contributed by atoms with E-state index in [9.17, 15) is 9.18 Å². The van der Waals surface area contributed by atoms with Crippen molar-refractivity contribution in [2.45, 2.75) is 33.6 Å². The van der Waals surface area contributed by atoms with Crippen molar-refractivity contribution >= 4 is 11.6 Å². The van der Waals surface area contributed by atoms with E-state index in [4.69, 9.17) is 0 Å². The highest BCUT2D eigenvalue weighted by Gasteiger charge is 2.15. The molecule has 0 atom stereocenters. The SMILES string of the molecule is CC.Cc1cc(F)cc(NC(=O)CN2CCCC2)c1.[HH]. The van der Waals surface area contributed by atoms with Crippen LogP contribution in [-0.2, 0) is 4.79 Å². The highest BCUT2D eigenvalue weighted by Crippen LogP contribution is 2.13. The van der Waals surface area contributed by atoms with Gasteiger partial charge >= 0.3 is 0 Å². The summed E-state index contributed by atoms with van der Waals surface area (Å²) >= 11 is 0. The summed E-state index contributed by atoms with van der Waals surface area (Å²) in [6.45, 7) is 8.17. The molecule has 1 heterocycles. The number of carbonyl (C=O) groups excluding carboxylic acids is 1. The molecule has 1 saturated heterocycles. The number of rotatable bonds is 3. The minimum atomic E-state index is -0.318. The Kier molecular flexibility index (Phi) is 6.50. The molecule has 0 aliphatic carbocycles. The quantitative estimate of drug-likeness (QED) is 0.910. The van der Waals surface area contributed by atoms with Gasteiger partial charge < -0.3 is 5.32 Å². The maximum atomic E-state index is 13.1. The van der Waals surface area contributed by atoms with Crippen molar-refractivity contribution in [2.24, 2.45) is 0 Å². The third-order valence-corrected chi connectivity index (χ3v) is 2.89. The molecule has 1 amide bonds. The Morgan fingerprint density at radius 1 is 1.32 bits per heavy atom. The molecule has 0 aromatic heterocycles. The van der Waals surface area contributed by atoms with Crippen molar-refractivity contribution in [1.29, 1.82) is 0 Å². The van der Waals surface area contributed by atoms with Crippen LogP contribution in [-0.4, -0.2) is 30.4 Å². The summed E-state index contributed by atoms with van der Waals surface area (Å²) < 4.78 is 13.1. The molecule has 1 aromatic carbocycles. The first-order chi connectivity index (χ1) is 9.13. The predicted octanol–water partition coefficient (Wildman–Crippen LogP) is 3.44. The lowest BCUT2D eigenvalue weighted by molar-refractivity contribution is -0.117. The zero-order valence-corrected chi connectivity index (χ0v) is 12.0. The van der Waals surface area contributed by atoms with Crippen LogP contribution in [0.3, 0.4) is 0 Å². The largest absolute Gasteiger partial charge is 0.325 e. The van der Waals surface area contributed by atoms with Crippen LogP contribution in [0.4, 0.5) is 10.1 Å². The molecule has 0 unspecified atom stereocenters. The van der Waals surface area contributed by atoms with Crippen LogP contribution in [0.1, 0.15) is 33.7 Å². The smallest absolute Gasteiger partial charge is 0.238 e. The van der Waals surface area contributed by atoms with Crippen LogP contribution in [0, 0.1) is 12.7 Å². The van der Waals surface area contributed by atoms with Gasteiger partial charge in [-0.3, -0.25) is 9.69 Å². The Hall–Kier alpha value is -1.42. The maximum Gasteiger partial charge on any atom is 0.238 e. The lowest BCUT2D eigenvalue weighted by Crippen LogP contribution is -2.30. The van der Waals surface area contributed by atoms with E-state index in [1.165, 1.54) is 12.1 Å². The number of carbonyl (C=O) groups is 1. The summed E-state index contributed by atoms with van der Waals surface area (Å²) in [4.78, 5) is 13.8. The molecule has 1 aromatic rings. The summed E-state index contributed by atoms with van der Waals surface area (Å²) in [6, 6.07) is 4.55. The number of anilines is 1. The van der Waals surface area contributed by atoms with Crippen LogP contribution in [0.5, 0.6) is 0 Å². The second kappa shape index (κ2) is 7.89. The average Bonchev–Trinajstić information content (AvgIpc) is 2.82. The topological polar surface area (TPSA) is 32.3 Å². The predicted molar refractivity (Wildman–Crippen MR) is 78.9 cm³/mol. The van der Waals surface area contributed by atoms with Crippen LogP contribution in [0.15, 0.2) is 18.2 Å². The van der Waals surface area contributed by atoms with E-state index >= 15 is 0 Å².